The number of nitrogens with one attached hydrogen (secondary N) is 2. The molecule has 5 N–H and O–H groups in total. The normalized spacial score (nSPS) is 25.5. The first kappa shape index (κ1) is 26.1. The van der Waals surface area contributed by atoms with Gasteiger partial charge < -0.3 is 21.5 Å². The van der Waals surface area contributed by atoms with Crippen LogP contribution in [0.15, 0.2) is 46.4 Å². The average Bonchev–Trinajstić information content (AvgIpc) is 3.41. The van der Waals surface area contributed by atoms with Crippen molar-refractivity contribution >= 4 is 17.5 Å². The fourth-order valence-electron chi connectivity index (χ4n) is 5.35. The number of aliphatic imine (C=N–C) groups is 2. The van der Waals surface area contributed by atoms with Gasteiger partial charge in [0.1, 0.15) is 23.0 Å². The Bertz CT molecular complexity index is 1060. The fraction of sp³-hybridized carbons (Fsp3) is 0.538. The summed E-state index contributed by atoms with van der Waals surface area (Å²) in [6.45, 7) is 7.63. The molecule has 0 amide bonds. The van der Waals surface area contributed by atoms with Gasteiger partial charge in [-0.25, -0.2) is 23.2 Å². The minimum atomic E-state index is -1.08. The molecule has 2 saturated carbocycles. The van der Waals surface area contributed by atoms with Crippen molar-refractivity contribution in [1.29, 1.82) is 0 Å². The van der Waals surface area contributed by atoms with Crippen molar-refractivity contribution in [2.45, 2.75) is 82.9 Å². The third kappa shape index (κ3) is 5.69. The number of halogens is 3. The number of rotatable bonds is 6. The number of anilines is 1. The first-order chi connectivity index (χ1) is 17.1. The van der Waals surface area contributed by atoms with Crippen LogP contribution in [0.3, 0.4) is 0 Å². The summed E-state index contributed by atoms with van der Waals surface area (Å²) in [7, 11) is 0. The Hall–Kier alpha value is -3.01. The van der Waals surface area contributed by atoms with Crippen molar-refractivity contribution in [3.8, 4) is 0 Å². The SMILES string of the molecule is C=C(/N=C1\C(=C/N)N=C(Nc2c(F)cc(F)cc2F)N1C1CC[C@@H](C(C)(C)O)C1)NC1CCCCC1. The van der Waals surface area contributed by atoms with Gasteiger partial charge >= 0.3 is 0 Å². The number of hydrogen-bond donors (Lipinski definition) is 4. The third-order valence-corrected chi connectivity index (χ3v) is 7.30. The summed E-state index contributed by atoms with van der Waals surface area (Å²) in [6, 6.07) is 1.33. The molecule has 0 saturated heterocycles. The van der Waals surface area contributed by atoms with E-state index < -0.39 is 28.7 Å². The van der Waals surface area contributed by atoms with E-state index in [1.165, 1.54) is 12.6 Å². The van der Waals surface area contributed by atoms with E-state index in [9.17, 15) is 18.3 Å². The van der Waals surface area contributed by atoms with Gasteiger partial charge in [-0.05, 0) is 51.9 Å². The van der Waals surface area contributed by atoms with Crippen LogP contribution in [0.4, 0.5) is 18.9 Å². The Balaban J connectivity index is 1.66. The molecule has 1 unspecified atom stereocenters. The van der Waals surface area contributed by atoms with Gasteiger partial charge in [0.15, 0.2) is 17.5 Å². The molecule has 0 bridgehead atoms. The molecule has 36 heavy (non-hydrogen) atoms. The van der Waals surface area contributed by atoms with Gasteiger partial charge in [0, 0.05) is 30.4 Å². The van der Waals surface area contributed by atoms with Crippen molar-refractivity contribution in [1.82, 2.24) is 10.2 Å². The highest BCUT2D eigenvalue weighted by Crippen LogP contribution is 2.39. The summed E-state index contributed by atoms with van der Waals surface area (Å²) in [4.78, 5) is 11.0. The van der Waals surface area contributed by atoms with Gasteiger partial charge in [-0.1, -0.05) is 25.8 Å². The Kier molecular flexibility index (Phi) is 7.63. The maximum absolute atomic E-state index is 14.5. The molecule has 10 heteroatoms. The van der Waals surface area contributed by atoms with Crippen LogP contribution in [0.2, 0.25) is 0 Å². The molecular formula is C26H35F3N6O. The van der Waals surface area contributed by atoms with Crippen LogP contribution in [0, 0.1) is 23.4 Å². The quantitative estimate of drug-likeness (QED) is 0.450. The monoisotopic (exact) mass is 504 g/mol. The van der Waals surface area contributed by atoms with Crippen molar-refractivity contribution < 1.29 is 18.3 Å². The molecular weight excluding hydrogens is 469 g/mol. The fourth-order valence-corrected chi connectivity index (χ4v) is 5.35. The highest BCUT2D eigenvalue weighted by molar-refractivity contribution is 6.18. The lowest BCUT2D eigenvalue weighted by Crippen LogP contribution is -2.44. The minimum Gasteiger partial charge on any atom is -0.403 e. The van der Waals surface area contributed by atoms with E-state index in [0.717, 1.165) is 32.1 Å². The zero-order chi connectivity index (χ0) is 26.0. The number of aliphatic hydroxyl groups is 1. The highest BCUT2D eigenvalue weighted by atomic mass is 19.1. The number of hydrogen-bond acceptors (Lipinski definition) is 6. The Labute approximate surface area is 210 Å². The van der Waals surface area contributed by atoms with Crippen LogP contribution < -0.4 is 16.4 Å². The molecule has 3 aliphatic rings. The van der Waals surface area contributed by atoms with E-state index in [1.807, 2.05) is 0 Å². The molecule has 1 aliphatic heterocycles. The Morgan fingerprint density at radius 3 is 2.42 bits per heavy atom. The van der Waals surface area contributed by atoms with Crippen molar-refractivity contribution in [2.75, 3.05) is 5.32 Å². The van der Waals surface area contributed by atoms with Gasteiger partial charge in [0.2, 0.25) is 5.96 Å². The smallest absolute Gasteiger partial charge is 0.210 e. The molecule has 2 aliphatic carbocycles. The second-order valence-electron chi connectivity index (χ2n) is 10.4. The van der Waals surface area contributed by atoms with Gasteiger partial charge in [0.25, 0.3) is 0 Å². The summed E-state index contributed by atoms with van der Waals surface area (Å²) in [5, 5.41) is 16.7. The number of amidine groups is 1. The average molecular weight is 505 g/mol. The summed E-state index contributed by atoms with van der Waals surface area (Å²) < 4.78 is 42.5. The number of nitrogens with zero attached hydrogens (tertiary/aromatic N) is 3. The summed E-state index contributed by atoms with van der Waals surface area (Å²) in [5.74, 6) is -2.18. The van der Waals surface area contributed by atoms with Gasteiger partial charge in [0.05, 0.1) is 5.60 Å². The first-order valence-corrected chi connectivity index (χ1v) is 12.5. The summed E-state index contributed by atoms with van der Waals surface area (Å²) >= 11 is 0. The molecule has 0 spiro atoms. The summed E-state index contributed by atoms with van der Waals surface area (Å²) in [6.07, 6.45) is 8.94. The predicted molar refractivity (Wildman–Crippen MR) is 135 cm³/mol. The Morgan fingerprint density at radius 1 is 1.17 bits per heavy atom. The van der Waals surface area contributed by atoms with Crippen LogP contribution in [-0.2, 0) is 0 Å². The van der Waals surface area contributed by atoms with Gasteiger partial charge in [-0.2, -0.15) is 0 Å². The maximum atomic E-state index is 14.5. The largest absolute Gasteiger partial charge is 0.403 e. The lowest BCUT2D eigenvalue weighted by atomic mass is 9.89. The third-order valence-electron chi connectivity index (χ3n) is 7.30. The van der Waals surface area contributed by atoms with E-state index in [-0.39, 0.29) is 24.0 Å². The van der Waals surface area contributed by atoms with Crippen molar-refractivity contribution in [3.05, 3.63) is 53.9 Å². The van der Waals surface area contributed by atoms with Gasteiger partial charge in [-0.3, -0.25) is 4.90 Å². The zero-order valence-electron chi connectivity index (χ0n) is 20.8. The van der Waals surface area contributed by atoms with Crippen molar-refractivity contribution in [2.24, 2.45) is 21.6 Å². The number of guanidine groups is 1. The number of nitrogens with two attached hydrogens (primary N) is 1. The van der Waals surface area contributed by atoms with E-state index in [1.54, 1.807) is 18.7 Å². The standard InChI is InChI=1S/C26H35F3N6O/c1-15(31-18-7-5-4-6-8-18)32-24-22(14-30)33-25(34-23-20(28)12-17(27)13-21(23)29)35(24)19-10-9-16(11-19)26(2,3)36/h12-14,16,18-19,31,36H,1,4-11,30H2,2-3H3,(H,33,34)/b22-14+,32-24+/t16-,19?/m1/s1. The molecule has 0 radical (unpaired) electrons. The Morgan fingerprint density at radius 2 is 1.83 bits per heavy atom. The van der Waals surface area contributed by atoms with E-state index in [0.29, 0.717) is 42.3 Å². The molecule has 0 aromatic heterocycles. The lowest BCUT2D eigenvalue weighted by molar-refractivity contribution is 0.0185. The zero-order valence-corrected chi connectivity index (χ0v) is 20.8. The molecule has 2 atom stereocenters. The topological polar surface area (TPSA) is 98.3 Å². The minimum absolute atomic E-state index is 0.0127. The van der Waals surface area contributed by atoms with Crippen LogP contribution >= 0.6 is 0 Å². The van der Waals surface area contributed by atoms with Crippen molar-refractivity contribution in [3.63, 3.8) is 0 Å². The predicted octanol–water partition coefficient (Wildman–Crippen LogP) is 4.72. The van der Waals surface area contributed by atoms with Crippen LogP contribution in [0.25, 0.3) is 0 Å². The maximum Gasteiger partial charge on any atom is 0.210 e. The van der Waals surface area contributed by atoms with Crippen LogP contribution in [-0.4, -0.2) is 39.5 Å². The molecule has 2 fully saturated rings. The lowest BCUT2D eigenvalue weighted by Gasteiger charge is -2.31. The van der Waals surface area contributed by atoms with E-state index in [2.05, 4.69) is 22.2 Å². The molecule has 7 nitrogen and oxygen atoms in total. The van der Waals surface area contributed by atoms with E-state index >= 15 is 0 Å². The molecule has 4 rings (SSSR count). The molecule has 1 heterocycles. The molecule has 1 aromatic carbocycles. The first-order valence-electron chi connectivity index (χ1n) is 12.5. The van der Waals surface area contributed by atoms with Crippen LogP contribution in [0.1, 0.15) is 65.2 Å². The molecule has 1 aromatic rings. The van der Waals surface area contributed by atoms with Crippen LogP contribution in [0.5, 0.6) is 0 Å². The van der Waals surface area contributed by atoms with Gasteiger partial charge in [-0.15, -0.1) is 0 Å². The summed E-state index contributed by atoms with van der Waals surface area (Å²) in [5.41, 5.74) is 4.80. The number of benzene rings is 1. The van der Waals surface area contributed by atoms with E-state index in [4.69, 9.17) is 10.7 Å². The highest BCUT2D eigenvalue weighted by Gasteiger charge is 2.42. The molecule has 196 valence electrons. The second kappa shape index (κ2) is 10.5. The second-order valence-corrected chi connectivity index (χ2v) is 10.4.